The summed E-state index contributed by atoms with van der Waals surface area (Å²) in [5.41, 5.74) is 0.0419. The van der Waals surface area contributed by atoms with E-state index < -0.39 is 23.3 Å². The van der Waals surface area contributed by atoms with Crippen molar-refractivity contribution in [2.75, 3.05) is 13.2 Å². The van der Waals surface area contributed by atoms with E-state index in [1.807, 2.05) is 0 Å². The smallest absolute Gasteiger partial charge is 0.254 e. The normalized spacial score (nSPS) is 20.9. The highest BCUT2D eigenvalue weighted by atomic mass is 19.1. The second-order valence-electron chi connectivity index (χ2n) is 5.24. The van der Waals surface area contributed by atoms with Crippen molar-refractivity contribution in [3.05, 3.63) is 34.9 Å². The van der Waals surface area contributed by atoms with Crippen LogP contribution in [0.2, 0.25) is 0 Å². The first-order valence-corrected chi connectivity index (χ1v) is 6.34. The molecular weight excluding hydrogens is 268 g/mol. The lowest BCUT2D eigenvalue weighted by Crippen LogP contribution is -2.34. The van der Waals surface area contributed by atoms with Crippen molar-refractivity contribution in [3.8, 4) is 0 Å². The molecule has 2 rings (SSSR count). The van der Waals surface area contributed by atoms with Crippen molar-refractivity contribution >= 4 is 5.91 Å². The standard InChI is InChI=1S/C14H17F2NO3/c1-8-4-10(12(16)5-11(8)15)13(18)17-6-9-7-19-14(2,3)20-9/h4-5,9H,6-7H2,1-3H3,(H,17,18). The number of amides is 1. The first-order chi connectivity index (χ1) is 9.28. The number of ether oxygens (including phenoxy) is 2. The van der Waals surface area contributed by atoms with E-state index in [0.29, 0.717) is 12.7 Å². The van der Waals surface area contributed by atoms with Gasteiger partial charge in [-0.1, -0.05) is 0 Å². The third kappa shape index (κ3) is 3.32. The number of carbonyl (C=O) groups is 1. The molecule has 1 heterocycles. The molecule has 0 radical (unpaired) electrons. The molecule has 1 aliphatic rings. The van der Waals surface area contributed by atoms with Gasteiger partial charge < -0.3 is 14.8 Å². The number of carbonyl (C=O) groups excluding carboxylic acids is 1. The Labute approximate surface area is 116 Å². The first kappa shape index (κ1) is 14.9. The summed E-state index contributed by atoms with van der Waals surface area (Å²) >= 11 is 0. The summed E-state index contributed by atoms with van der Waals surface area (Å²) in [7, 11) is 0. The molecule has 110 valence electrons. The van der Waals surface area contributed by atoms with E-state index in [-0.39, 0.29) is 23.8 Å². The molecule has 1 amide bonds. The minimum Gasteiger partial charge on any atom is -0.349 e. The minimum atomic E-state index is -0.880. The Bertz CT molecular complexity index is 531. The van der Waals surface area contributed by atoms with Gasteiger partial charge in [-0.3, -0.25) is 4.79 Å². The third-order valence-corrected chi connectivity index (χ3v) is 3.05. The van der Waals surface area contributed by atoms with Crippen LogP contribution in [0.1, 0.15) is 29.8 Å². The molecule has 20 heavy (non-hydrogen) atoms. The van der Waals surface area contributed by atoms with Gasteiger partial charge >= 0.3 is 0 Å². The highest BCUT2D eigenvalue weighted by Crippen LogP contribution is 2.22. The highest BCUT2D eigenvalue weighted by Gasteiger charge is 2.32. The summed E-state index contributed by atoms with van der Waals surface area (Å²) in [6, 6.07) is 1.90. The van der Waals surface area contributed by atoms with Gasteiger partial charge in [0, 0.05) is 12.6 Å². The summed E-state index contributed by atoms with van der Waals surface area (Å²) in [4.78, 5) is 11.9. The van der Waals surface area contributed by atoms with Crippen LogP contribution < -0.4 is 5.32 Å². The predicted molar refractivity (Wildman–Crippen MR) is 68.3 cm³/mol. The van der Waals surface area contributed by atoms with Gasteiger partial charge in [0.1, 0.15) is 17.7 Å². The van der Waals surface area contributed by atoms with Gasteiger partial charge in [-0.25, -0.2) is 8.78 Å². The zero-order valence-electron chi connectivity index (χ0n) is 11.6. The zero-order valence-corrected chi connectivity index (χ0v) is 11.6. The average Bonchev–Trinajstić information content (AvgIpc) is 2.70. The molecule has 1 N–H and O–H groups in total. The number of halogens is 2. The maximum absolute atomic E-state index is 13.5. The van der Waals surface area contributed by atoms with Crippen molar-refractivity contribution in [2.24, 2.45) is 0 Å². The van der Waals surface area contributed by atoms with E-state index in [0.717, 1.165) is 0 Å². The number of hydrogen-bond acceptors (Lipinski definition) is 3. The predicted octanol–water partition coefficient (Wildman–Crippen LogP) is 2.15. The second-order valence-corrected chi connectivity index (χ2v) is 5.24. The number of nitrogens with one attached hydrogen (secondary N) is 1. The lowest BCUT2D eigenvalue weighted by molar-refractivity contribution is -0.137. The SMILES string of the molecule is Cc1cc(C(=O)NCC2COC(C)(C)O2)c(F)cc1F. The van der Waals surface area contributed by atoms with Gasteiger partial charge in [-0.05, 0) is 32.4 Å². The van der Waals surface area contributed by atoms with Gasteiger partial charge in [0.25, 0.3) is 5.91 Å². The molecule has 1 aromatic carbocycles. The number of benzene rings is 1. The lowest BCUT2D eigenvalue weighted by atomic mass is 10.1. The van der Waals surface area contributed by atoms with Crippen LogP contribution in [0.15, 0.2) is 12.1 Å². The summed E-state index contributed by atoms with van der Waals surface area (Å²) in [5, 5.41) is 2.56. The molecule has 0 saturated carbocycles. The lowest BCUT2D eigenvalue weighted by Gasteiger charge is -2.17. The Morgan fingerprint density at radius 1 is 1.40 bits per heavy atom. The Hall–Kier alpha value is -1.53. The molecule has 1 aromatic rings. The third-order valence-electron chi connectivity index (χ3n) is 3.05. The van der Waals surface area contributed by atoms with Crippen LogP contribution in [0, 0.1) is 18.6 Å². The molecule has 4 nitrogen and oxygen atoms in total. The van der Waals surface area contributed by atoms with E-state index in [1.165, 1.54) is 13.0 Å². The summed E-state index contributed by atoms with van der Waals surface area (Å²) in [6.07, 6.45) is -0.279. The van der Waals surface area contributed by atoms with Gasteiger partial charge in [0.2, 0.25) is 0 Å². The van der Waals surface area contributed by atoms with Gasteiger partial charge in [0.15, 0.2) is 5.79 Å². The van der Waals surface area contributed by atoms with Gasteiger partial charge in [-0.15, -0.1) is 0 Å². The molecule has 1 fully saturated rings. The molecule has 1 unspecified atom stereocenters. The largest absolute Gasteiger partial charge is 0.349 e. The zero-order chi connectivity index (χ0) is 14.9. The first-order valence-electron chi connectivity index (χ1n) is 6.34. The molecule has 0 spiro atoms. The van der Waals surface area contributed by atoms with Gasteiger partial charge in [-0.2, -0.15) is 0 Å². The fourth-order valence-electron chi connectivity index (χ4n) is 2.00. The van der Waals surface area contributed by atoms with Crippen LogP contribution in [-0.4, -0.2) is 30.9 Å². The Kier molecular flexibility index (Phi) is 4.06. The summed E-state index contributed by atoms with van der Waals surface area (Å²) in [5.74, 6) is -2.82. The Morgan fingerprint density at radius 2 is 2.10 bits per heavy atom. The van der Waals surface area contributed by atoms with Crippen LogP contribution in [0.5, 0.6) is 0 Å². The van der Waals surface area contributed by atoms with E-state index in [4.69, 9.17) is 9.47 Å². The van der Waals surface area contributed by atoms with E-state index in [2.05, 4.69) is 5.32 Å². The van der Waals surface area contributed by atoms with E-state index in [9.17, 15) is 13.6 Å². The molecule has 1 aliphatic heterocycles. The molecule has 6 heteroatoms. The molecule has 1 atom stereocenters. The molecular formula is C14H17F2NO3. The van der Waals surface area contributed by atoms with Crippen molar-refractivity contribution in [1.29, 1.82) is 0 Å². The molecule has 0 aliphatic carbocycles. The molecule has 0 aromatic heterocycles. The van der Waals surface area contributed by atoms with Crippen LogP contribution in [0.3, 0.4) is 0 Å². The Morgan fingerprint density at radius 3 is 2.70 bits per heavy atom. The number of rotatable bonds is 3. The van der Waals surface area contributed by atoms with Crippen LogP contribution in [-0.2, 0) is 9.47 Å². The van der Waals surface area contributed by atoms with Crippen LogP contribution >= 0.6 is 0 Å². The molecule has 0 bridgehead atoms. The summed E-state index contributed by atoms with van der Waals surface area (Å²) < 4.78 is 37.5. The number of hydrogen-bond donors (Lipinski definition) is 1. The average molecular weight is 285 g/mol. The Balaban J connectivity index is 1.98. The van der Waals surface area contributed by atoms with Gasteiger partial charge in [0.05, 0.1) is 12.2 Å². The van der Waals surface area contributed by atoms with Crippen molar-refractivity contribution in [2.45, 2.75) is 32.7 Å². The van der Waals surface area contributed by atoms with Crippen molar-refractivity contribution < 1.29 is 23.0 Å². The van der Waals surface area contributed by atoms with Crippen molar-refractivity contribution in [1.82, 2.24) is 5.32 Å². The van der Waals surface area contributed by atoms with E-state index >= 15 is 0 Å². The number of aryl methyl sites for hydroxylation is 1. The van der Waals surface area contributed by atoms with Crippen molar-refractivity contribution in [3.63, 3.8) is 0 Å². The minimum absolute atomic E-state index is 0.179. The second kappa shape index (κ2) is 5.46. The maximum atomic E-state index is 13.5. The monoisotopic (exact) mass is 285 g/mol. The fourth-order valence-corrected chi connectivity index (χ4v) is 2.00. The molecule has 1 saturated heterocycles. The fraction of sp³-hybridized carbons (Fsp3) is 0.500. The van der Waals surface area contributed by atoms with Crippen LogP contribution in [0.25, 0.3) is 0 Å². The quantitative estimate of drug-likeness (QED) is 0.925. The van der Waals surface area contributed by atoms with Crippen LogP contribution in [0.4, 0.5) is 8.78 Å². The summed E-state index contributed by atoms with van der Waals surface area (Å²) in [6.45, 7) is 5.59. The topological polar surface area (TPSA) is 47.6 Å². The van der Waals surface area contributed by atoms with E-state index in [1.54, 1.807) is 13.8 Å². The highest BCUT2D eigenvalue weighted by molar-refractivity contribution is 5.94. The maximum Gasteiger partial charge on any atom is 0.254 e.